The van der Waals surface area contributed by atoms with Gasteiger partial charge in [0.05, 0.1) is 11.3 Å². The first-order chi connectivity index (χ1) is 21.3. The molecule has 15 nitrogen and oxygen atoms in total. The fourth-order valence-electron chi connectivity index (χ4n) is 5.05. The van der Waals surface area contributed by atoms with Gasteiger partial charge in [-0.2, -0.15) is 0 Å². The number of nitrogens with one attached hydrogen (secondary N) is 2. The molecule has 0 bridgehead atoms. The Morgan fingerprint density at radius 3 is 2.22 bits per heavy atom. The van der Waals surface area contributed by atoms with E-state index in [0.717, 1.165) is 0 Å². The molecule has 1 aliphatic heterocycles. The van der Waals surface area contributed by atoms with Crippen molar-refractivity contribution in [2.24, 2.45) is 5.73 Å². The van der Waals surface area contributed by atoms with E-state index < -0.39 is 71.0 Å². The van der Waals surface area contributed by atoms with Crippen molar-refractivity contribution in [2.45, 2.75) is 70.1 Å². The fourth-order valence-corrected chi connectivity index (χ4v) is 5.05. The Bertz CT molecular complexity index is 1430. The summed E-state index contributed by atoms with van der Waals surface area (Å²) >= 11 is 0. The van der Waals surface area contributed by atoms with Crippen LogP contribution in [-0.2, 0) is 35.2 Å². The van der Waals surface area contributed by atoms with Gasteiger partial charge in [0, 0.05) is 37.2 Å². The molecule has 0 spiro atoms. The summed E-state index contributed by atoms with van der Waals surface area (Å²) in [5.74, 6) is -4.51. The van der Waals surface area contributed by atoms with Crippen molar-refractivity contribution < 1.29 is 38.8 Å². The number of amides is 5. The number of carboxylic acids is 1. The van der Waals surface area contributed by atoms with E-state index in [-0.39, 0.29) is 37.2 Å². The molecule has 5 N–H and O–H groups in total. The molecule has 240 valence electrons. The Balaban J connectivity index is 1.83. The molecule has 15 heteroatoms. The summed E-state index contributed by atoms with van der Waals surface area (Å²) in [4.78, 5) is 89.0. The Labute approximate surface area is 258 Å². The van der Waals surface area contributed by atoms with Gasteiger partial charge in [-0.05, 0) is 44.4 Å². The van der Waals surface area contributed by atoms with Crippen LogP contribution in [0.15, 0.2) is 54.6 Å². The molecule has 5 amide bonds. The molecule has 1 heterocycles. The first kappa shape index (κ1) is 34.2. The molecule has 1 saturated heterocycles. The van der Waals surface area contributed by atoms with Crippen LogP contribution in [-0.4, -0.2) is 81.1 Å². The molecular formula is C30H36N6O9. The number of primary amides is 1. The van der Waals surface area contributed by atoms with E-state index in [1.54, 1.807) is 30.3 Å². The first-order valence-electron chi connectivity index (χ1n) is 14.3. The van der Waals surface area contributed by atoms with Gasteiger partial charge in [0.15, 0.2) is 0 Å². The number of carbonyl (C=O) groups is 6. The summed E-state index contributed by atoms with van der Waals surface area (Å²) < 4.78 is 0. The van der Waals surface area contributed by atoms with Gasteiger partial charge in [0.25, 0.3) is 11.6 Å². The van der Waals surface area contributed by atoms with E-state index >= 15 is 0 Å². The van der Waals surface area contributed by atoms with E-state index in [1.165, 1.54) is 47.9 Å². The monoisotopic (exact) mass is 624 g/mol. The summed E-state index contributed by atoms with van der Waals surface area (Å²) in [7, 11) is 0. The third-order valence-electron chi connectivity index (χ3n) is 7.37. The maximum atomic E-state index is 14.2. The minimum atomic E-state index is -1.19. The van der Waals surface area contributed by atoms with Crippen molar-refractivity contribution in [1.29, 1.82) is 0 Å². The Morgan fingerprint density at radius 2 is 1.64 bits per heavy atom. The predicted octanol–water partition coefficient (Wildman–Crippen LogP) is 0.890. The van der Waals surface area contributed by atoms with E-state index in [0.29, 0.717) is 12.0 Å². The number of nitrogens with zero attached hydrogens (tertiary/aromatic N) is 3. The van der Waals surface area contributed by atoms with Crippen molar-refractivity contribution in [3.05, 3.63) is 70.3 Å². The van der Waals surface area contributed by atoms with Gasteiger partial charge in [-0.3, -0.25) is 43.8 Å². The topological polar surface area (TPSA) is 222 Å². The highest BCUT2D eigenvalue weighted by Crippen LogP contribution is 2.28. The number of carbonyl (C=O) groups excluding carboxylic acids is 5. The number of benzene rings is 2. The van der Waals surface area contributed by atoms with Gasteiger partial charge in [-0.15, -0.1) is 0 Å². The standard InChI is InChI=1S/C30H36N6O9/c1-18(32-25(37)14-15-26(38)39)28(41)33-19(2)29(42)34-16-6-9-23(34)30(43)35(21-10-12-22(13-11-21)36(44)45)24(27(31)40)17-20-7-4-3-5-8-20/h3-5,7-8,10-13,18-19,23-24H,6,9,14-17H2,1-2H3,(H2,31,40)(H,32,37)(H,33,41)(H,38,39). The van der Waals surface area contributed by atoms with Crippen LogP contribution in [0.1, 0.15) is 45.1 Å². The summed E-state index contributed by atoms with van der Waals surface area (Å²) in [6.07, 6.45) is 0.0235. The number of carboxylic acid groups (broad SMARTS) is 1. The number of nitro benzene ring substituents is 1. The highest BCUT2D eigenvalue weighted by atomic mass is 16.6. The van der Waals surface area contributed by atoms with Gasteiger partial charge in [-0.25, -0.2) is 0 Å². The summed E-state index contributed by atoms with van der Waals surface area (Å²) in [5.41, 5.74) is 6.47. The van der Waals surface area contributed by atoms with Gasteiger partial charge >= 0.3 is 5.97 Å². The molecule has 2 aromatic carbocycles. The number of likely N-dealkylation sites (tertiary alicyclic amines) is 1. The number of hydrogen-bond acceptors (Lipinski definition) is 8. The van der Waals surface area contributed by atoms with Gasteiger partial charge in [0.1, 0.15) is 24.2 Å². The second-order valence-corrected chi connectivity index (χ2v) is 10.7. The Morgan fingerprint density at radius 1 is 1.00 bits per heavy atom. The molecule has 3 rings (SSSR count). The average Bonchev–Trinajstić information content (AvgIpc) is 3.50. The maximum Gasteiger partial charge on any atom is 0.303 e. The van der Waals surface area contributed by atoms with Crippen LogP contribution in [0.3, 0.4) is 0 Å². The van der Waals surface area contributed by atoms with Crippen LogP contribution in [0, 0.1) is 10.1 Å². The lowest BCUT2D eigenvalue weighted by molar-refractivity contribution is -0.384. The van der Waals surface area contributed by atoms with Crippen molar-refractivity contribution in [2.75, 3.05) is 11.4 Å². The minimum Gasteiger partial charge on any atom is -0.481 e. The number of non-ortho nitro benzene ring substituents is 1. The SMILES string of the molecule is CC(NC(=O)CCC(=O)O)C(=O)NC(C)C(=O)N1CCCC1C(=O)N(c1ccc([N+](=O)[O-])cc1)C(Cc1ccccc1)C(N)=O. The number of nitrogens with two attached hydrogens (primary N) is 1. The van der Waals surface area contributed by atoms with Crippen molar-refractivity contribution in [3.8, 4) is 0 Å². The van der Waals surface area contributed by atoms with Crippen LogP contribution in [0.5, 0.6) is 0 Å². The van der Waals surface area contributed by atoms with Crippen LogP contribution >= 0.6 is 0 Å². The lowest BCUT2D eigenvalue weighted by Crippen LogP contribution is -2.58. The normalized spacial score (nSPS) is 16.1. The van der Waals surface area contributed by atoms with Gasteiger partial charge in [-0.1, -0.05) is 30.3 Å². The molecule has 2 aromatic rings. The maximum absolute atomic E-state index is 14.2. The van der Waals surface area contributed by atoms with Gasteiger partial charge < -0.3 is 26.4 Å². The second kappa shape index (κ2) is 15.4. The zero-order valence-electron chi connectivity index (χ0n) is 24.9. The Kier molecular flexibility index (Phi) is 11.7. The molecule has 4 atom stereocenters. The van der Waals surface area contributed by atoms with Crippen LogP contribution in [0.2, 0.25) is 0 Å². The molecule has 1 fully saturated rings. The highest BCUT2D eigenvalue weighted by Gasteiger charge is 2.42. The molecule has 45 heavy (non-hydrogen) atoms. The van der Waals surface area contributed by atoms with Crippen LogP contribution in [0.25, 0.3) is 0 Å². The zero-order valence-corrected chi connectivity index (χ0v) is 24.9. The number of hydrogen-bond donors (Lipinski definition) is 4. The molecule has 0 aliphatic carbocycles. The largest absolute Gasteiger partial charge is 0.481 e. The smallest absolute Gasteiger partial charge is 0.303 e. The lowest BCUT2D eigenvalue weighted by atomic mass is 10.0. The van der Waals surface area contributed by atoms with E-state index in [2.05, 4.69) is 10.6 Å². The third-order valence-corrected chi connectivity index (χ3v) is 7.37. The van der Waals surface area contributed by atoms with E-state index in [9.17, 15) is 38.9 Å². The molecule has 0 radical (unpaired) electrons. The zero-order chi connectivity index (χ0) is 33.3. The number of anilines is 1. The van der Waals surface area contributed by atoms with E-state index in [4.69, 9.17) is 10.8 Å². The Hall–Kier alpha value is -5.34. The predicted molar refractivity (Wildman–Crippen MR) is 161 cm³/mol. The number of rotatable bonds is 14. The van der Waals surface area contributed by atoms with Crippen molar-refractivity contribution in [1.82, 2.24) is 15.5 Å². The fraction of sp³-hybridized carbons (Fsp3) is 0.400. The average molecular weight is 625 g/mol. The molecule has 0 saturated carbocycles. The molecule has 1 aliphatic rings. The van der Waals surface area contributed by atoms with Gasteiger partial charge in [0.2, 0.25) is 23.6 Å². The van der Waals surface area contributed by atoms with Crippen molar-refractivity contribution in [3.63, 3.8) is 0 Å². The number of aliphatic carboxylic acids is 1. The summed E-state index contributed by atoms with van der Waals surface area (Å²) in [6, 6.07) is 9.54. The third kappa shape index (κ3) is 9.08. The van der Waals surface area contributed by atoms with Crippen LogP contribution in [0.4, 0.5) is 11.4 Å². The minimum absolute atomic E-state index is 0.0438. The first-order valence-corrected chi connectivity index (χ1v) is 14.3. The lowest BCUT2D eigenvalue weighted by Gasteiger charge is -2.35. The summed E-state index contributed by atoms with van der Waals surface area (Å²) in [5, 5.41) is 24.9. The summed E-state index contributed by atoms with van der Waals surface area (Å²) in [6.45, 7) is 2.99. The second-order valence-electron chi connectivity index (χ2n) is 10.7. The highest BCUT2D eigenvalue weighted by molar-refractivity contribution is 6.05. The van der Waals surface area contributed by atoms with E-state index in [1.807, 2.05) is 0 Å². The molecule has 0 aromatic heterocycles. The number of nitro groups is 1. The molecule has 4 unspecified atom stereocenters. The van der Waals surface area contributed by atoms with Crippen molar-refractivity contribution >= 4 is 46.9 Å². The molecular weight excluding hydrogens is 588 g/mol. The van der Waals surface area contributed by atoms with Crippen LogP contribution < -0.4 is 21.3 Å². The quantitative estimate of drug-likeness (QED) is 0.173.